The van der Waals surface area contributed by atoms with Gasteiger partial charge in [-0.05, 0) is 39.2 Å². The topological polar surface area (TPSA) is 69.6 Å². The maximum atomic E-state index is 12.2. The molecule has 0 radical (unpaired) electrons. The van der Waals surface area contributed by atoms with Crippen LogP contribution in [0, 0.1) is 17.8 Å². The van der Waals surface area contributed by atoms with Crippen LogP contribution in [0.5, 0.6) is 0 Å². The predicted molar refractivity (Wildman–Crippen MR) is 83.0 cm³/mol. The van der Waals surface area contributed by atoms with Crippen molar-refractivity contribution in [2.45, 2.75) is 52.5 Å². The van der Waals surface area contributed by atoms with Crippen LogP contribution in [0.2, 0.25) is 0 Å². The van der Waals surface area contributed by atoms with Crippen molar-refractivity contribution in [3.63, 3.8) is 0 Å². The minimum Gasteiger partial charge on any atom is -0.481 e. The molecule has 4 atom stereocenters. The molecule has 0 aromatic rings. The first-order chi connectivity index (χ1) is 9.90. The molecule has 0 saturated heterocycles. The first-order valence-corrected chi connectivity index (χ1v) is 8.11. The predicted octanol–water partition coefficient (Wildman–Crippen LogP) is 1.97. The van der Waals surface area contributed by atoms with Gasteiger partial charge in [-0.3, -0.25) is 9.59 Å². The standard InChI is InChI=1S/C16H30N2O3/c1-5-11(3)18(4)8-7-17-15(19)13-9-12(6-2)10-14(13)16(20)21/h11-14H,5-10H2,1-4H3,(H,17,19)(H,20,21)/t11?,12?,13-,14+/m0/s1. The van der Waals surface area contributed by atoms with Crippen molar-refractivity contribution in [3.8, 4) is 0 Å². The van der Waals surface area contributed by atoms with E-state index in [0.29, 0.717) is 31.3 Å². The molecule has 0 aliphatic heterocycles. The molecule has 0 bridgehead atoms. The van der Waals surface area contributed by atoms with Gasteiger partial charge in [-0.15, -0.1) is 0 Å². The monoisotopic (exact) mass is 298 g/mol. The second-order valence-corrected chi connectivity index (χ2v) is 6.33. The minimum absolute atomic E-state index is 0.0871. The number of carboxylic acids is 1. The van der Waals surface area contributed by atoms with Crippen molar-refractivity contribution in [2.24, 2.45) is 17.8 Å². The smallest absolute Gasteiger partial charge is 0.307 e. The van der Waals surface area contributed by atoms with Crippen LogP contribution in [0.1, 0.15) is 46.5 Å². The fourth-order valence-electron chi connectivity index (χ4n) is 3.06. The summed E-state index contributed by atoms with van der Waals surface area (Å²) in [5.41, 5.74) is 0. The molecule has 1 saturated carbocycles. The Hall–Kier alpha value is -1.10. The summed E-state index contributed by atoms with van der Waals surface area (Å²) in [7, 11) is 2.04. The Balaban J connectivity index is 2.45. The van der Waals surface area contributed by atoms with Crippen molar-refractivity contribution >= 4 is 11.9 Å². The van der Waals surface area contributed by atoms with Gasteiger partial charge in [-0.2, -0.15) is 0 Å². The summed E-state index contributed by atoms with van der Waals surface area (Å²) in [4.78, 5) is 25.8. The van der Waals surface area contributed by atoms with E-state index < -0.39 is 11.9 Å². The molecule has 1 aliphatic rings. The highest BCUT2D eigenvalue weighted by Gasteiger charge is 2.41. The zero-order valence-corrected chi connectivity index (χ0v) is 13.8. The van der Waals surface area contributed by atoms with Gasteiger partial charge in [0.15, 0.2) is 0 Å². The quantitative estimate of drug-likeness (QED) is 0.719. The van der Waals surface area contributed by atoms with Crippen LogP contribution in [0.4, 0.5) is 0 Å². The molecule has 1 rings (SSSR count). The molecule has 122 valence electrons. The number of carbonyl (C=O) groups is 2. The van der Waals surface area contributed by atoms with E-state index in [1.807, 2.05) is 7.05 Å². The Labute approximate surface area is 128 Å². The SMILES string of the molecule is CCC1C[C@H](C(=O)NCCN(C)C(C)CC)[C@H](C(=O)O)C1. The number of hydrogen-bond donors (Lipinski definition) is 2. The molecule has 1 fully saturated rings. The molecular weight excluding hydrogens is 268 g/mol. The van der Waals surface area contributed by atoms with Crippen LogP contribution in [0.15, 0.2) is 0 Å². The molecule has 5 heteroatoms. The van der Waals surface area contributed by atoms with Gasteiger partial charge in [0, 0.05) is 19.1 Å². The lowest BCUT2D eigenvalue weighted by atomic mass is 9.95. The summed E-state index contributed by atoms with van der Waals surface area (Å²) < 4.78 is 0. The maximum absolute atomic E-state index is 12.2. The first kappa shape index (κ1) is 18.0. The average molecular weight is 298 g/mol. The van der Waals surface area contributed by atoms with Crippen molar-refractivity contribution in [2.75, 3.05) is 20.1 Å². The van der Waals surface area contributed by atoms with Gasteiger partial charge in [-0.25, -0.2) is 0 Å². The van der Waals surface area contributed by atoms with Crippen molar-refractivity contribution in [1.29, 1.82) is 0 Å². The number of amides is 1. The third kappa shape index (κ3) is 4.99. The summed E-state index contributed by atoms with van der Waals surface area (Å²) in [6.45, 7) is 7.73. The van der Waals surface area contributed by atoms with E-state index in [2.05, 4.69) is 31.0 Å². The van der Waals surface area contributed by atoms with E-state index in [-0.39, 0.29) is 11.8 Å². The Morgan fingerprint density at radius 3 is 2.43 bits per heavy atom. The minimum atomic E-state index is -0.831. The Bertz CT molecular complexity index is 359. The van der Waals surface area contributed by atoms with Crippen LogP contribution < -0.4 is 5.32 Å². The van der Waals surface area contributed by atoms with Gasteiger partial charge in [0.25, 0.3) is 0 Å². The number of carbonyl (C=O) groups excluding carboxylic acids is 1. The van der Waals surface area contributed by atoms with Crippen LogP contribution in [-0.4, -0.2) is 48.1 Å². The molecule has 1 aliphatic carbocycles. The van der Waals surface area contributed by atoms with Crippen LogP contribution in [0.25, 0.3) is 0 Å². The second-order valence-electron chi connectivity index (χ2n) is 6.33. The Morgan fingerprint density at radius 2 is 1.90 bits per heavy atom. The zero-order valence-electron chi connectivity index (χ0n) is 13.8. The van der Waals surface area contributed by atoms with E-state index >= 15 is 0 Å². The van der Waals surface area contributed by atoms with E-state index in [1.165, 1.54) is 0 Å². The van der Waals surface area contributed by atoms with Crippen LogP contribution >= 0.6 is 0 Å². The highest BCUT2D eigenvalue weighted by Crippen LogP contribution is 2.38. The average Bonchev–Trinajstić information content (AvgIpc) is 2.90. The normalized spacial score (nSPS) is 26.8. The first-order valence-electron chi connectivity index (χ1n) is 8.11. The summed E-state index contributed by atoms with van der Waals surface area (Å²) in [5, 5.41) is 12.2. The molecule has 2 N–H and O–H groups in total. The van der Waals surface area contributed by atoms with E-state index in [1.54, 1.807) is 0 Å². The molecule has 0 aromatic carbocycles. The van der Waals surface area contributed by atoms with Crippen LogP contribution in [-0.2, 0) is 9.59 Å². The lowest BCUT2D eigenvalue weighted by molar-refractivity contribution is -0.146. The molecular formula is C16H30N2O3. The molecule has 5 nitrogen and oxygen atoms in total. The molecule has 0 spiro atoms. The lowest BCUT2D eigenvalue weighted by Gasteiger charge is -2.24. The van der Waals surface area contributed by atoms with E-state index in [0.717, 1.165) is 19.4 Å². The van der Waals surface area contributed by atoms with Crippen molar-refractivity contribution in [3.05, 3.63) is 0 Å². The van der Waals surface area contributed by atoms with Gasteiger partial charge < -0.3 is 15.3 Å². The number of aliphatic carboxylic acids is 1. The Kier molecular flexibility index (Phi) is 7.15. The zero-order chi connectivity index (χ0) is 16.0. The fraction of sp³-hybridized carbons (Fsp3) is 0.875. The van der Waals surface area contributed by atoms with E-state index in [4.69, 9.17) is 0 Å². The van der Waals surface area contributed by atoms with Gasteiger partial charge in [0.1, 0.15) is 0 Å². The molecule has 21 heavy (non-hydrogen) atoms. The lowest BCUT2D eigenvalue weighted by Crippen LogP contribution is -2.40. The third-order valence-electron chi connectivity index (χ3n) is 5.00. The third-order valence-corrected chi connectivity index (χ3v) is 5.00. The highest BCUT2D eigenvalue weighted by molar-refractivity contribution is 5.85. The summed E-state index contributed by atoms with van der Waals surface area (Å²) in [5.74, 6) is -1.42. The van der Waals surface area contributed by atoms with E-state index in [9.17, 15) is 14.7 Å². The number of carboxylic acid groups (broad SMARTS) is 1. The largest absolute Gasteiger partial charge is 0.481 e. The Morgan fingerprint density at radius 1 is 1.29 bits per heavy atom. The summed E-state index contributed by atoms with van der Waals surface area (Å²) in [6.07, 6.45) is 3.37. The molecule has 0 heterocycles. The molecule has 0 aromatic heterocycles. The number of hydrogen-bond acceptors (Lipinski definition) is 3. The van der Waals surface area contributed by atoms with Crippen molar-refractivity contribution < 1.29 is 14.7 Å². The number of nitrogens with one attached hydrogen (secondary N) is 1. The van der Waals surface area contributed by atoms with Gasteiger partial charge in [0.05, 0.1) is 11.8 Å². The number of nitrogens with zero attached hydrogens (tertiary/aromatic N) is 1. The molecule has 1 amide bonds. The number of likely N-dealkylation sites (N-methyl/N-ethyl adjacent to an activating group) is 1. The summed E-state index contributed by atoms with van der Waals surface area (Å²) in [6, 6.07) is 0.490. The second kappa shape index (κ2) is 8.37. The summed E-state index contributed by atoms with van der Waals surface area (Å²) >= 11 is 0. The van der Waals surface area contributed by atoms with Crippen LogP contribution in [0.3, 0.4) is 0 Å². The van der Waals surface area contributed by atoms with Gasteiger partial charge in [-0.1, -0.05) is 20.3 Å². The number of rotatable bonds is 8. The van der Waals surface area contributed by atoms with Gasteiger partial charge in [0.2, 0.25) is 5.91 Å². The maximum Gasteiger partial charge on any atom is 0.307 e. The fourth-order valence-corrected chi connectivity index (χ4v) is 3.06. The molecule has 2 unspecified atom stereocenters. The van der Waals surface area contributed by atoms with Gasteiger partial charge >= 0.3 is 5.97 Å². The highest BCUT2D eigenvalue weighted by atomic mass is 16.4. The van der Waals surface area contributed by atoms with Crippen molar-refractivity contribution in [1.82, 2.24) is 10.2 Å².